The lowest BCUT2D eigenvalue weighted by Gasteiger charge is -2.36. The molecule has 0 aromatic rings. The van der Waals surface area contributed by atoms with Crippen LogP contribution in [-0.4, -0.2) is 35.1 Å². The van der Waals surface area contributed by atoms with Gasteiger partial charge in [-0.3, -0.25) is 4.79 Å². The molecule has 1 fully saturated rings. The largest absolute Gasteiger partial charge is 0.481 e. The molecule has 0 aromatic heterocycles. The fourth-order valence-electron chi connectivity index (χ4n) is 1.97. The maximum atomic E-state index is 10.7. The fraction of sp³-hybridized carbons (Fsp3) is 0.917. The Morgan fingerprint density at radius 1 is 1.47 bits per heavy atom. The third-order valence-corrected chi connectivity index (χ3v) is 3.71. The van der Waals surface area contributed by atoms with Gasteiger partial charge in [-0.2, -0.15) is 0 Å². The lowest BCUT2D eigenvalue weighted by molar-refractivity contribution is -0.139. The highest BCUT2D eigenvalue weighted by molar-refractivity contribution is 5.68. The average Bonchev–Trinajstić information content (AvgIpc) is 1.98. The molecule has 3 nitrogen and oxygen atoms in total. The normalized spacial score (nSPS) is 17.9. The molecule has 0 atom stereocenters. The molecule has 0 unspecified atom stereocenters. The molecule has 0 heterocycles. The summed E-state index contributed by atoms with van der Waals surface area (Å²) in [6.07, 6.45) is 5.56. The summed E-state index contributed by atoms with van der Waals surface area (Å²) in [6, 6.07) is 0. The first-order valence-corrected chi connectivity index (χ1v) is 5.85. The number of rotatable bonds is 6. The summed E-state index contributed by atoms with van der Waals surface area (Å²) in [6.45, 7) is 5.02. The van der Waals surface area contributed by atoms with E-state index in [1.807, 2.05) is 20.9 Å². The quantitative estimate of drug-likeness (QED) is 0.736. The first-order valence-electron chi connectivity index (χ1n) is 5.85. The van der Waals surface area contributed by atoms with Gasteiger partial charge in [0.25, 0.3) is 0 Å². The van der Waals surface area contributed by atoms with Crippen LogP contribution >= 0.6 is 0 Å². The van der Waals surface area contributed by atoms with E-state index < -0.39 is 5.97 Å². The average molecular weight is 213 g/mol. The van der Waals surface area contributed by atoms with Gasteiger partial charge in [0.05, 0.1) is 6.42 Å². The van der Waals surface area contributed by atoms with Crippen molar-refractivity contribution >= 4 is 5.97 Å². The van der Waals surface area contributed by atoms with Crippen LogP contribution < -0.4 is 0 Å². The monoisotopic (exact) mass is 213 g/mol. The topological polar surface area (TPSA) is 40.5 Å². The zero-order valence-corrected chi connectivity index (χ0v) is 10.1. The maximum Gasteiger partial charge on any atom is 0.305 e. The van der Waals surface area contributed by atoms with Crippen LogP contribution in [0.3, 0.4) is 0 Å². The van der Waals surface area contributed by atoms with Crippen LogP contribution in [0.5, 0.6) is 0 Å². The second-order valence-corrected chi connectivity index (χ2v) is 5.39. The van der Waals surface area contributed by atoms with Gasteiger partial charge in [0.15, 0.2) is 0 Å². The molecule has 1 saturated carbocycles. The number of carboxylic acids is 1. The molecule has 0 bridgehead atoms. The van der Waals surface area contributed by atoms with E-state index in [1.165, 1.54) is 25.7 Å². The van der Waals surface area contributed by atoms with Crippen LogP contribution in [0.2, 0.25) is 0 Å². The second kappa shape index (κ2) is 4.97. The van der Waals surface area contributed by atoms with Gasteiger partial charge in [0, 0.05) is 5.54 Å². The maximum absolute atomic E-state index is 10.7. The van der Waals surface area contributed by atoms with Gasteiger partial charge in [-0.1, -0.05) is 19.3 Å². The second-order valence-electron chi connectivity index (χ2n) is 5.39. The Bertz CT molecular complexity index is 222. The number of aliphatic carboxylic acids is 1. The van der Waals surface area contributed by atoms with Crippen molar-refractivity contribution in [1.29, 1.82) is 0 Å². The zero-order valence-electron chi connectivity index (χ0n) is 10.1. The molecule has 0 saturated heterocycles. The van der Waals surface area contributed by atoms with Crippen LogP contribution in [0.25, 0.3) is 0 Å². The van der Waals surface area contributed by atoms with Crippen LogP contribution in [-0.2, 0) is 4.79 Å². The highest BCUT2D eigenvalue weighted by atomic mass is 16.4. The van der Waals surface area contributed by atoms with E-state index >= 15 is 0 Å². The number of hydrogen-bond donors (Lipinski definition) is 1. The minimum Gasteiger partial charge on any atom is -0.481 e. The predicted molar refractivity (Wildman–Crippen MR) is 60.9 cm³/mol. The van der Waals surface area contributed by atoms with Crippen molar-refractivity contribution in [3.05, 3.63) is 0 Å². The summed E-state index contributed by atoms with van der Waals surface area (Å²) in [4.78, 5) is 12.9. The summed E-state index contributed by atoms with van der Waals surface area (Å²) >= 11 is 0. The lowest BCUT2D eigenvalue weighted by atomic mass is 9.82. The van der Waals surface area contributed by atoms with Gasteiger partial charge >= 0.3 is 5.97 Å². The highest BCUT2D eigenvalue weighted by Gasteiger charge is 2.27. The summed E-state index contributed by atoms with van der Waals surface area (Å²) in [5, 5.41) is 8.81. The molecular formula is C12H23NO2. The molecule has 88 valence electrons. The third-order valence-electron chi connectivity index (χ3n) is 3.71. The Morgan fingerprint density at radius 3 is 2.47 bits per heavy atom. The SMILES string of the molecule is CN(CCC1CCC1)C(C)(C)CC(=O)O. The molecular weight excluding hydrogens is 190 g/mol. The van der Waals surface area contributed by atoms with Gasteiger partial charge in [-0.05, 0) is 39.8 Å². The predicted octanol–water partition coefficient (Wildman–Crippen LogP) is 2.36. The van der Waals surface area contributed by atoms with Crippen molar-refractivity contribution in [2.75, 3.05) is 13.6 Å². The smallest absolute Gasteiger partial charge is 0.305 e. The Balaban J connectivity index is 2.29. The third kappa shape index (κ3) is 3.82. The van der Waals surface area contributed by atoms with E-state index in [4.69, 9.17) is 5.11 Å². The molecule has 0 aliphatic heterocycles. The van der Waals surface area contributed by atoms with Gasteiger partial charge in [-0.25, -0.2) is 0 Å². The molecule has 1 aliphatic carbocycles. The number of hydrogen-bond acceptors (Lipinski definition) is 2. The molecule has 0 radical (unpaired) electrons. The van der Waals surface area contributed by atoms with E-state index in [2.05, 4.69) is 4.90 Å². The fourth-order valence-corrected chi connectivity index (χ4v) is 1.97. The minimum atomic E-state index is -0.713. The van der Waals surface area contributed by atoms with Crippen molar-refractivity contribution < 1.29 is 9.90 Å². The van der Waals surface area contributed by atoms with E-state index in [0.29, 0.717) is 0 Å². The molecule has 0 spiro atoms. The van der Waals surface area contributed by atoms with Crippen LogP contribution in [0.1, 0.15) is 46.0 Å². The molecule has 15 heavy (non-hydrogen) atoms. The Kier molecular flexibility index (Phi) is 4.14. The van der Waals surface area contributed by atoms with Gasteiger partial charge in [0.2, 0.25) is 0 Å². The van der Waals surface area contributed by atoms with Crippen molar-refractivity contribution in [1.82, 2.24) is 4.90 Å². The Hall–Kier alpha value is -0.570. The van der Waals surface area contributed by atoms with Gasteiger partial charge in [-0.15, -0.1) is 0 Å². The minimum absolute atomic E-state index is 0.216. The van der Waals surface area contributed by atoms with Crippen molar-refractivity contribution in [2.45, 2.75) is 51.5 Å². The van der Waals surface area contributed by atoms with Crippen molar-refractivity contribution in [3.63, 3.8) is 0 Å². The first kappa shape index (κ1) is 12.5. The Morgan fingerprint density at radius 2 is 2.07 bits per heavy atom. The molecule has 1 aliphatic rings. The first-order chi connectivity index (χ1) is 6.92. The molecule has 1 N–H and O–H groups in total. The Labute approximate surface area is 92.5 Å². The van der Waals surface area contributed by atoms with Crippen LogP contribution in [0.15, 0.2) is 0 Å². The van der Waals surface area contributed by atoms with Crippen molar-refractivity contribution in [2.24, 2.45) is 5.92 Å². The molecule has 1 rings (SSSR count). The number of nitrogens with zero attached hydrogens (tertiary/aromatic N) is 1. The number of carbonyl (C=O) groups is 1. The van der Waals surface area contributed by atoms with E-state index in [1.54, 1.807) is 0 Å². The lowest BCUT2D eigenvalue weighted by Crippen LogP contribution is -2.43. The summed E-state index contributed by atoms with van der Waals surface area (Å²) < 4.78 is 0. The molecule has 3 heteroatoms. The summed E-state index contributed by atoms with van der Waals surface area (Å²) in [7, 11) is 2.03. The molecule has 0 aromatic carbocycles. The summed E-state index contributed by atoms with van der Waals surface area (Å²) in [5.41, 5.74) is -0.227. The van der Waals surface area contributed by atoms with E-state index in [-0.39, 0.29) is 12.0 Å². The van der Waals surface area contributed by atoms with E-state index in [9.17, 15) is 4.79 Å². The van der Waals surface area contributed by atoms with Crippen LogP contribution in [0.4, 0.5) is 0 Å². The summed E-state index contributed by atoms with van der Waals surface area (Å²) in [5.74, 6) is 0.184. The van der Waals surface area contributed by atoms with Crippen LogP contribution in [0, 0.1) is 5.92 Å². The van der Waals surface area contributed by atoms with E-state index in [0.717, 1.165) is 12.5 Å². The molecule has 0 amide bonds. The number of carboxylic acid groups (broad SMARTS) is 1. The zero-order chi connectivity index (χ0) is 11.5. The standard InChI is InChI=1S/C12H23NO2/c1-12(2,9-11(14)15)13(3)8-7-10-5-4-6-10/h10H,4-9H2,1-3H3,(H,14,15). The van der Waals surface area contributed by atoms with Crippen molar-refractivity contribution in [3.8, 4) is 0 Å². The van der Waals surface area contributed by atoms with Gasteiger partial charge < -0.3 is 10.0 Å². The van der Waals surface area contributed by atoms with Gasteiger partial charge in [0.1, 0.15) is 0 Å². The highest BCUT2D eigenvalue weighted by Crippen LogP contribution is 2.30.